The maximum absolute atomic E-state index is 11.2. The first kappa shape index (κ1) is 17.4. The number of phenols is 1. The van der Waals surface area contributed by atoms with Gasteiger partial charge >= 0.3 is 0 Å². The van der Waals surface area contributed by atoms with Crippen molar-refractivity contribution < 1.29 is 24.4 Å². The third-order valence-electron chi connectivity index (χ3n) is 7.36. The third-order valence-corrected chi connectivity index (χ3v) is 7.36. The summed E-state index contributed by atoms with van der Waals surface area (Å²) in [5.74, 6) is 1.55. The van der Waals surface area contributed by atoms with Crippen LogP contribution in [0.15, 0.2) is 24.3 Å². The number of hydrogen-bond donors (Lipinski definition) is 1. The Balaban J connectivity index is 1.53. The number of rotatable bonds is 4. The molecule has 1 spiro atoms. The molecular weight excluding hydrogens is 344 g/mol. The van der Waals surface area contributed by atoms with Gasteiger partial charge in [-0.1, -0.05) is 12.1 Å². The van der Waals surface area contributed by atoms with E-state index in [-0.39, 0.29) is 11.5 Å². The lowest BCUT2D eigenvalue weighted by Gasteiger charge is -2.68. The van der Waals surface area contributed by atoms with E-state index in [1.807, 2.05) is 6.07 Å². The Morgan fingerprint density at radius 1 is 1.15 bits per heavy atom. The summed E-state index contributed by atoms with van der Waals surface area (Å²) in [6.07, 6.45) is 9.13. The monoisotopic (exact) mass is 370 g/mol. The molecule has 1 aromatic carbocycles. The highest BCUT2D eigenvalue weighted by Crippen LogP contribution is 2.69. The lowest BCUT2D eigenvalue weighted by atomic mass is 9.47. The fourth-order valence-corrected chi connectivity index (χ4v) is 6.45. The molecule has 5 fully saturated rings. The molecule has 5 heteroatoms. The topological polar surface area (TPSA) is 65.0 Å². The fourth-order valence-electron chi connectivity index (χ4n) is 6.45. The number of ketones is 1. The number of carbonyl (C=O) groups excluding carboxylic acids is 1. The molecule has 4 bridgehead atoms. The molecule has 4 aliphatic carbocycles. The largest absolute Gasteiger partial charge is 0.507 e. The summed E-state index contributed by atoms with van der Waals surface area (Å²) in [6, 6.07) is 5.41. The summed E-state index contributed by atoms with van der Waals surface area (Å²) in [7, 11) is 1.66. The van der Waals surface area contributed by atoms with Gasteiger partial charge < -0.3 is 9.84 Å². The van der Waals surface area contributed by atoms with Crippen molar-refractivity contribution in [2.24, 2.45) is 23.7 Å². The molecule has 1 heterocycles. The van der Waals surface area contributed by atoms with Crippen LogP contribution < -0.4 is 0 Å². The molecular formula is C22H26O5. The molecule has 144 valence electrons. The molecule has 6 rings (SSSR count). The second-order valence-electron chi connectivity index (χ2n) is 8.80. The fraction of sp³-hybridized carbons (Fsp3) is 0.591. The van der Waals surface area contributed by atoms with Gasteiger partial charge in [-0.3, -0.25) is 4.79 Å². The molecule has 1 atom stereocenters. The van der Waals surface area contributed by atoms with E-state index in [1.165, 1.54) is 45.1 Å². The van der Waals surface area contributed by atoms with E-state index in [0.29, 0.717) is 17.4 Å². The smallest absolute Gasteiger partial charge is 0.260 e. The summed E-state index contributed by atoms with van der Waals surface area (Å²) >= 11 is 0. The molecule has 1 N–H and O–H groups in total. The first-order chi connectivity index (χ1) is 13.0. The van der Waals surface area contributed by atoms with Crippen LogP contribution in [-0.4, -0.2) is 23.6 Å². The number of methoxy groups -OCH3 is 1. The zero-order chi connectivity index (χ0) is 18.8. The molecule has 5 nitrogen and oxygen atoms in total. The van der Waals surface area contributed by atoms with Gasteiger partial charge in [-0.15, -0.1) is 0 Å². The van der Waals surface area contributed by atoms with E-state index in [0.717, 1.165) is 17.4 Å². The highest BCUT2D eigenvalue weighted by Gasteiger charge is 2.76. The van der Waals surface area contributed by atoms with E-state index in [9.17, 15) is 9.90 Å². The van der Waals surface area contributed by atoms with Gasteiger partial charge in [-0.25, -0.2) is 4.89 Å². The quantitative estimate of drug-likeness (QED) is 0.642. The summed E-state index contributed by atoms with van der Waals surface area (Å²) < 4.78 is 6.00. The zero-order valence-corrected chi connectivity index (χ0v) is 15.8. The van der Waals surface area contributed by atoms with Crippen molar-refractivity contribution in [3.05, 3.63) is 35.4 Å². The number of benzene rings is 1. The van der Waals surface area contributed by atoms with Crippen LogP contribution in [0.3, 0.4) is 0 Å². The van der Waals surface area contributed by atoms with E-state index in [1.54, 1.807) is 25.3 Å². The van der Waals surface area contributed by atoms with E-state index in [2.05, 4.69) is 0 Å². The standard InChI is InChI=1S/C22H26O5/c1-13(23)3-4-16-5-6-17(12-20(16)24)22(25-2)21(26-27-22)18-8-14-7-15(10-18)11-19(21)9-14/h3-6,12,14-15,18-19,24H,7-11H2,1-2H3/b4-3+. The van der Waals surface area contributed by atoms with Crippen molar-refractivity contribution in [3.63, 3.8) is 0 Å². The molecule has 5 aliphatic rings. The lowest BCUT2D eigenvalue weighted by Crippen LogP contribution is -2.76. The average Bonchev–Trinajstić information content (AvgIpc) is 2.60. The van der Waals surface area contributed by atoms with Crippen LogP contribution in [0.25, 0.3) is 6.08 Å². The minimum absolute atomic E-state index is 0.0601. The summed E-state index contributed by atoms with van der Waals surface area (Å²) in [5, 5.41) is 10.5. The number of allylic oxidation sites excluding steroid dienone is 1. The normalized spacial score (nSPS) is 42.0. The van der Waals surface area contributed by atoms with Crippen molar-refractivity contribution in [1.29, 1.82) is 0 Å². The zero-order valence-electron chi connectivity index (χ0n) is 15.8. The number of ether oxygens (including phenoxy) is 1. The van der Waals surface area contributed by atoms with Crippen LogP contribution in [0.4, 0.5) is 0 Å². The molecule has 1 aromatic rings. The van der Waals surface area contributed by atoms with Gasteiger partial charge in [0.2, 0.25) is 0 Å². The van der Waals surface area contributed by atoms with Crippen molar-refractivity contribution in [2.75, 3.05) is 7.11 Å². The predicted molar refractivity (Wildman–Crippen MR) is 98.5 cm³/mol. The number of hydrogen-bond acceptors (Lipinski definition) is 5. The average molecular weight is 370 g/mol. The third kappa shape index (κ3) is 2.25. The lowest BCUT2D eigenvalue weighted by molar-refractivity contribution is -0.645. The van der Waals surface area contributed by atoms with Crippen LogP contribution in [0.2, 0.25) is 0 Å². The second-order valence-corrected chi connectivity index (χ2v) is 8.80. The van der Waals surface area contributed by atoms with Gasteiger partial charge in [0.25, 0.3) is 5.79 Å². The molecule has 4 saturated carbocycles. The van der Waals surface area contributed by atoms with Gasteiger partial charge in [0.15, 0.2) is 11.4 Å². The van der Waals surface area contributed by atoms with Crippen LogP contribution >= 0.6 is 0 Å². The number of aromatic hydroxyl groups is 1. The van der Waals surface area contributed by atoms with Crippen molar-refractivity contribution in [2.45, 2.75) is 50.4 Å². The van der Waals surface area contributed by atoms with E-state index in [4.69, 9.17) is 14.5 Å². The van der Waals surface area contributed by atoms with Crippen LogP contribution in [0.1, 0.15) is 50.2 Å². The van der Waals surface area contributed by atoms with Crippen LogP contribution in [0, 0.1) is 23.7 Å². The Bertz CT molecular complexity index is 781. The Hall–Kier alpha value is -1.69. The van der Waals surface area contributed by atoms with E-state index < -0.39 is 11.4 Å². The Morgan fingerprint density at radius 3 is 2.30 bits per heavy atom. The molecule has 0 amide bonds. The first-order valence-corrected chi connectivity index (χ1v) is 9.92. The molecule has 1 saturated heterocycles. The summed E-state index contributed by atoms with van der Waals surface area (Å²) in [6.45, 7) is 1.48. The van der Waals surface area contributed by atoms with Crippen LogP contribution in [-0.2, 0) is 25.1 Å². The Labute approximate surface area is 159 Å². The maximum atomic E-state index is 11.2. The number of carbonyl (C=O) groups is 1. The van der Waals surface area contributed by atoms with Crippen molar-refractivity contribution >= 4 is 11.9 Å². The minimum Gasteiger partial charge on any atom is -0.507 e. The SMILES string of the molecule is COC1(c2ccc(/C=C/C(C)=O)c(O)c2)OOC12C1CC3CC(C1)CC2C3. The van der Waals surface area contributed by atoms with Crippen molar-refractivity contribution in [1.82, 2.24) is 0 Å². The van der Waals surface area contributed by atoms with Crippen molar-refractivity contribution in [3.8, 4) is 5.75 Å². The Kier molecular flexibility index (Phi) is 3.81. The van der Waals surface area contributed by atoms with E-state index >= 15 is 0 Å². The highest BCUT2D eigenvalue weighted by atomic mass is 17.3. The van der Waals surface area contributed by atoms with Gasteiger partial charge in [0.05, 0.1) is 0 Å². The minimum atomic E-state index is -0.976. The van der Waals surface area contributed by atoms with Gasteiger partial charge in [-0.05, 0) is 80.9 Å². The van der Waals surface area contributed by atoms with Crippen LogP contribution in [0.5, 0.6) is 5.75 Å². The predicted octanol–water partition coefficient (Wildman–Crippen LogP) is 3.95. The summed E-state index contributed by atoms with van der Waals surface area (Å²) in [5.41, 5.74) is 0.916. The summed E-state index contributed by atoms with van der Waals surface area (Å²) in [4.78, 5) is 22.8. The van der Waals surface area contributed by atoms with Gasteiger partial charge in [0, 0.05) is 18.2 Å². The maximum Gasteiger partial charge on any atom is 0.260 e. The van der Waals surface area contributed by atoms with Gasteiger partial charge in [-0.2, -0.15) is 4.89 Å². The first-order valence-electron chi connectivity index (χ1n) is 9.92. The molecule has 0 aromatic heterocycles. The van der Waals surface area contributed by atoms with Gasteiger partial charge in [0.1, 0.15) is 5.75 Å². The molecule has 1 aliphatic heterocycles. The second kappa shape index (κ2) is 5.90. The molecule has 27 heavy (non-hydrogen) atoms. The molecule has 1 unspecified atom stereocenters. The number of phenolic OH excluding ortho intramolecular Hbond substituents is 1. The Morgan fingerprint density at radius 2 is 1.81 bits per heavy atom. The highest BCUT2D eigenvalue weighted by molar-refractivity contribution is 5.91. The molecule has 0 radical (unpaired) electrons.